The van der Waals surface area contributed by atoms with Crippen molar-refractivity contribution in [2.24, 2.45) is 0 Å². The van der Waals surface area contributed by atoms with Gasteiger partial charge in [0.15, 0.2) is 17.0 Å². The Bertz CT molecular complexity index is 1660. The van der Waals surface area contributed by atoms with E-state index >= 15 is 0 Å². The molecule has 0 radical (unpaired) electrons. The predicted octanol–water partition coefficient (Wildman–Crippen LogP) is 7.58. The molecule has 1 atom stereocenters. The fraction of sp³-hybridized carbons (Fsp3) is 0.179. The minimum absolute atomic E-state index is 0.234. The summed E-state index contributed by atoms with van der Waals surface area (Å²) < 4.78 is 24.3. The molecule has 5 aromatic carbocycles. The fourth-order valence-electron chi connectivity index (χ4n) is 5.06. The quantitative estimate of drug-likeness (QED) is 0.127. The number of benzene rings is 5. The topological polar surface area (TPSA) is 74.3 Å². The van der Waals surface area contributed by atoms with Crippen molar-refractivity contribution in [2.45, 2.75) is 32.3 Å². The number of carbonyl (C=O) groups is 2. The third-order valence-electron chi connectivity index (χ3n) is 7.86. The van der Waals surface area contributed by atoms with Crippen molar-refractivity contribution in [1.29, 1.82) is 0 Å². The first-order valence-electron chi connectivity index (χ1n) is 15.0. The largest absolute Gasteiger partial charge is 0.485 e. The minimum Gasteiger partial charge on any atom is -0.485 e. The SMILES string of the molecule is COC(=O)C(C)(c1ccccc1)N(C)C(=O)c1cc(OCc2ccccc2)c(OCc2ccccc2)c(OCc2ccccc2)c1. The summed E-state index contributed by atoms with van der Waals surface area (Å²) in [7, 11) is 2.90. The molecule has 7 heteroatoms. The van der Waals surface area contributed by atoms with E-state index in [9.17, 15) is 9.59 Å². The van der Waals surface area contributed by atoms with E-state index in [1.165, 1.54) is 12.0 Å². The number of hydrogen-bond donors (Lipinski definition) is 0. The average Bonchev–Trinajstić information content (AvgIpc) is 3.12. The van der Waals surface area contributed by atoms with E-state index in [4.69, 9.17) is 18.9 Å². The lowest BCUT2D eigenvalue weighted by Crippen LogP contribution is -2.51. The lowest BCUT2D eigenvalue weighted by molar-refractivity contribution is -0.152. The highest BCUT2D eigenvalue weighted by Crippen LogP contribution is 2.41. The zero-order valence-electron chi connectivity index (χ0n) is 26.2. The zero-order valence-corrected chi connectivity index (χ0v) is 26.2. The maximum atomic E-state index is 14.3. The van der Waals surface area contributed by atoms with Crippen molar-refractivity contribution in [3.8, 4) is 17.2 Å². The van der Waals surface area contributed by atoms with Gasteiger partial charge in [0.2, 0.25) is 5.75 Å². The van der Waals surface area contributed by atoms with Crippen LogP contribution in [0, 0.1) is 0 Å². The Morgan fingerprint density at radius 2 is 1.00 bits per heavy atom. The van der Waals surface area contributed by atoms with Gasteiger partial charge in [-0.25, -0.2) is 4.79 Å². The predicted molar refractivity (Wildman–Crippen MR) is 177 cm³/mol. The van der Waals surface area contributed by atoms with Crippen molar-refractivity contribution < 1.29 is 28.5 Å². The van der Waals surface area contributed by atoms with Crippen LogP contribution in [0.2, 0.25) is 0 Å². The zero-order chi connectivity index (χ0) is 32.4. The smallest absolute Gasteiger partial charge is 0.336 e. The first kappa shape index (κ1) is 31.9. The molecule has 0 bridgehead atoms. The van der Waals surface area contributed by atoms with E-state index < -0.39 is 17.4 Å². The molecule has 0 saturated carbocycles. The van der Waals surface area contributed by atoms with Crippen LogP contribution in [-0.2, 0) is 34.9 Å². The molecule has 7 nitrogen and oxygen atoms in total. The summed E-state index contributed by atoms with van der Waals surface area (Å²) in [5.41, 5.74) is 2.31. The fourth-order valence-corrected chi connectivity index (χ4v) is 5.06. The summed E-state index contributed by atoms with van der Waals surface area (Å²) in [6, 6.07) is 41.6. The van der Waals surface area contributed by atoms with Crippen LogP contribution in [0.15, 0.2) is 133 Å². The summed E-state index contributed by atoms with van der Waals surface area (Å²) in [6.07, 6.45) is 0. The molecule has 5 rings (SSSR count). The summed E-state index contributed by atoms with van der Waals surface area (Å²) in [4.78, 5) is 28.9. The Balaban J connectivity index is 1.57. The number of hydrogen-bond acceptors (Lipinski definition) is 6. The molecule has 1 unspecified atom stereocenters. The highest BCUT2D eigenvalue weighted by molar-refractivity contribution is 5.99. The van der Waals surface area contributed by atoms with E-state index in [0.717, 1.165) is 16.7 Å². The van der Waals surface area contributed by atoms with Gasteiger partial charge in [-0.1, -0.05) is 121 Å². The molecule has 0 spiro atoms. The van der Waals surface area contributed by atoms with Crippen LogP contribution in [0.5, 0.6) is 17.2 Å². The molecular formula is C39H37NO6. The standard InChI is InChI=1S/C39H37NO6/c1-39(38(42)43-3,33-22-14-7-15-23-33)40(2)37(41)32-24-34(44-26-29-16-8-4-9-17-29)36(46-28-31-20-12-6-13-21-31)35(25-32)45-27-30-18-10-5-11-19-30/h4-25H,26-28H2,1-3H3. The monoisotopic (exact) mass is 615 g/mol. The second-order valence-electron chi connectivity index (χ2n) is 10.9. The molecule has 46 heavy (non-hydrogen) atoms. The van der Waals surface area contributed by atoms with Crippen LogP contribution < -0.4 is 14.2 Å². The summed E-state index contributed by atoms with van der Waals surface area (Å²) in [5.74, 6) is 0.0378. The number of amides is 1. The molecule has 0 saturated heterocycles. The number of methoxy groups -OCH3 is 1. The molecule has 0 aliphatic heterocycles. The average molecular weight is 616 g/mol. The lowest BCUT2D eigenvalue weighted by Gasteiger charge is -2.36. The number of ether oxygens (including phenoxy) is 4. The molecule has 0 aromatic heterocycles. The van der Waals surface area contributed by atoms with Crippen molar-refractivity contribution >= 4 is 11.9 Å². The molecule has 0 heterocycles. The number of carbonyl (C=O) groups excluding carboxylic acids is 2. The van der Waals surface area contributed by atoms with Gasteiger partial charge in [0, 0.05) is 12.6 Å². The van der Waals surface area contributed by atoms with Gasteiger partial charge in [-0.2, -0.15) is 0 Å². The lowest BCUT2D eigenvalue weighted by atomic mass is 9.89. The number of rotatable bonds is 13. The molecular weight excluding hydrogens is 578 g/mol. The first-order valence-corrected chi connectivity index (χ1v) is 15.0. The normalized spacial score (nSPS) is 12.0. The van der Waals surface area contributed by atoms with E-state index in [2.05, 4.69) is 0 Å². The Kier molecular flexibility index (Phi) is 10.4. The third kappa shape index (κ3) is 7.38. The van der Waals surface area contributed by atoms with E-state index in [1.54, 1.807) is 38.2 Å². The number of esters is 1. The van der Waals surface area contributed by atoms with Crippen LogP contribution in [-0.4, -0.2) is 30.9 Å². The summed E-state index contributed by atoms with van der Waals surface area (Å²) >= 11 is 0. The van der Waals surface area contributed by atoms with Crippen LogP contribution >= 0.6 is 0 Å². The van der Waals surface area contributed by atoms with Crippen LogP contribution in [0.25, 0.3) is 0 Å². The highest BCUT2D eigenvalue weighted by atomic mass is 16.5. The summed E-state index contributed by atoms with van der Waals surface area (Å²) in [6.45, 7) is 2.39. The maximum Gasteiger partial charge on any atom is 0.336 e. The van der Waals surface area contributed by atoms with Gasteiger partial charge in [-0.15, -0.1) is 0 Å². The molecule has 5 aromatic rings. The molecule has 234 valence electrons. The Labute approximate surface area is 269 Å². The molecule has 0 aliphatic carbocycles. The van der Waals surface area contributed by atoms with Crippen molar-refractivity contribution in [3.63, 3.8) is 0 Å². The van der Waals surface area contributed by atoms with E-state index in [0.29, 0.717) is 22.8 Å². The second-order valence-corrected chi connectivity index (χ2v) is 10.9. The van der Waals surface area contributed by atoms with Crippen molar-refractivity contribution in [3.05, 3.63) is 161 Å². The van der Waals surface area contributed by atoms with Gasteiger partial charge >= 0.3 is 5.97 Å². The van der Waals surface area contributed by atoms with Crippen LogP contribution in [0.1, 0.15) is 39.5 Å². The Morgan fingerprint density at radius 3 is 1.41 bits per heavy atom. The minimum atomic E-state index is -1.41. The van der Waals surface area contributed by atoms with Gasteiger partial charge in [0.05, 0.1) is 7.11 Å². The second kappa shape index (κ2) is 14.9. The molecule has 1 amide bonds. The third-order valence-corrected chi connectivity index (χ3v) is 7.86. The van der Waals surface area contributed by atoms with Gasteiger partial charge in [0.25, 0.3) is 5.91 Å². The Morgan fingerprint density at radius 1 is 0.609 bits per heavy atom. The van der Waals surface area contributed by atoms with E-state index in [1.807, 2.05) is 109 Å². The van der Waals surface area contributed by atoms with Gasteiger partial charge in [0.1, 0.15) is 19.8 Å². The molecule has 0 N–H and O–H groups in total. The van der Waals surface area contributed by atoms with Crippen molar-refractivity contribution in [1.82, 2.24) is 4.90 Å². The van der Waals surface area contributed by atoms with Gasteiger partial charge < -0.3 is 23.8 Å². The van der Waals surface area contributed by atoms with Crippen molar-refractivity contribution in [2.75, 3.05) is 14.2 Å². The van der Waals surface area contributed by atoms with Gasteiger partial charge in [-0.3, -0.25) is 4.79 Å². The van der Waals surface area contributed by atoms with Crippen LogP contribution in [0.3, 0.4) is 0 Å². The number of nitrogens with zero attached hydrogens (tertiary/aromatic N) is 1. The maximum absolute atomic E-state index is 14.3. The Hall–Kier alpha value is -5.56. The van der Waals surface area contributed by atoms with Gasteiger partial charge in [-0.05, 0) is 41.3 Å². The molecule has 0 aliphatic rings. The highest BCUT2D eigenvalue weighted by Gasteiger charge is 2.43. The summed E-state index contributed by atoms with van der Waals surface area (Å²) in [5, 5.41) is 0. The first-order chi connectivity index (χ1) is 22.4. The van der Waals surface area contributed by atoms with Crippen LogP contribution in [0.4, 0.5) is 0 Å². The molecule has 0 fully saturated rings. The van der Waals surface area contributed by atoms with E-state index in [-0.39, 0.29) is 25.4 Å². The number of likely N-dealkylation sites (N-methyl/N-ethyl adjacent to an activating group) is 1.